The predicted molar refractivity (Wildman–Crippen MR) is 77.2 cm³/mol. The van der Waals surface area contributed by atoms with Crippen LogP contribution in [-0.4, -0.2) is 20.2 Å². The molecule has 1 aromatic carbocycles. The summed E-state index contributed by atoms with van der Waals surface area (Å²) in [6.45, 7) is 9.11. The molecule has 0 amide bonds. The fourth-order valence-corrected chi connectivity index (χ4v) is 2.61. The summed E-state index contributed by atoms with van der Waals surface area (Å²) >= 11 is 0. The van der Waals surface area contributed by atoms with Crippen molar-refractivity contribution in [3.05, 3.63) is 18.2 Å². The van der Waals surface area contributed by atoms with Crippen LogP contribution < -0.4 is 15.4 Å². The first-order valence-corrected chi connectivity index (χ1v) is 6.60. The van der Waals surface area contributed by atoms with Gasteiger partial charge < -0.3 is 15.4 Å². The lowest BCUT2D eigenvalue weighted by atomic mass is 9.80. The molecule has 0 saturated carbocycles. The molecule has 3 heteroatoms. The number of benzene rings is 1. The Morgan fingerprint density at radius 2 is 2.06 bits per heavy atom. The maximum Gasteiger partial charge on any atom is 0.121 e. The van der Waals surface area contributed by atoms with E-state index in [0.29, 0.717) is 5.41 Å². The van der Waals surface area contributed by atoms with E-state index in [9.17, 15) is 0 Å². The number of nitrogens with zero attached hydrogens (tertiary/aromatic N) is 1. The summed E-state index contributed by atoms with van der Waals surface area (Å²) in [5, 5.41) is 0. The Morgan fingerprint density at radius 3 is 2.61 bits per heavy atom. The quantitative estimate of drug-likeness (QED) is 0.817. The first-order chi connectivity index (χ1) is 8.41. The number of nitrogen functional groups attached to an aromatic ring is 1. The summed E-state index contributed by atoms with van der Waals surface area (Å²) in [4.78, 5) is 2.38. The lowest BCUT2D eigenvalue weighted by molar-refractivity contribution is 0.263. The van der Waals surface area contributed by atoms with Crippen molar-refractivity contribution in [2.45, 2.75) is 27.2 Å². The third kappa shape index (κ3) is 2.55. The first kappa shape index (κ1) is 13.1. The summed E-state index contributed by atoms with van der Waals surface area (Å²) in [6, 6.07) is 5.88. The molecule has 1 atom stereocenters. The second-order valence-electron chi connectivity index (χ2n) is 6.22. The molecule has 2 N–H and O–H groups in total. The highest BCUT2D eigenvalue weighted by molar-refractivity contribution is 5.70. The van der Waals surface area contributed by atoms with Gasteiger partial charge in [0.05, 0.1) is 18.5 Å². The lowest BCUT2D eigenvalue weighted by Gasteiger charge is -2.28. The molecule has 1 aliphatic rings. The maximum absolute atomic E-state index is 6.08. The SMILES string of the molecule is COc1ccc(N)c(N2CCC(C(C)(C)C)C2)c1. The number of anilines is 2. The molecule has 2 rings (SSSR count). The van der Waals surface area contributed by atoms with E-state index in [4.69, 9.17) is 10.5 Å². The molecule has 1 heterocycles. The van der Waals surface area contributed by atoms with Gasteiger partial charge in [0.2, 0.25) is 0 Å². The fraction of sp³-hybridized carbons (Fsp3) is 0.600. The van der Waals surface area contributed by atoms with Crippen LogP contribution in [0.1, 0.15) is 27.2 Å². The van der Waals surface area contributed by atoms with Gasteiger partial charge in [0.25, 0.3) is 0 Å². The molecule has 1 aromatic rings. The normalized spacial score (nSPS) is 20.2. The van der Waals surface area contributed by atoms with Crippen molar-refractivity contribution in [3.8, 4) is 5.75 Å². The van der Waals surface area contributed by atoms with Gasteiger partial charge in [-0.2, -0.15) is 0 Å². The Morgan fingerprint density at radius 1 is 1.33 bits per heavy atom. The van der Waals surface area contributed by atoms with Crippen LogP contribution in [0.4, 0.5) is 11.4 Å². The van der Waals surface area contributed by atoms with Gasteiger partial charge in [-0.1, -0.05) is 20.8 Å². The highest BCUT2D eigenvalue weighted by Crippen LogP contribution is 2.38. The topological polar surface area (TPSA) is 38.5 Å². The Hall–Kier alpha value is -1.38. The van der Waals surface area contributed by atoms with E-state index in [0.717, 1.165) is 36.1 Å². The smallest absolute Gasteiger partial charge is 0.121 e. The minimum Gasteiger partial charge on any atom is -0.497 e. The summed E-state index contributed by atoms with van der Waals surface area (Å²) < 4.78 is 5.28. The van der Waals surface area contributed by atoms with Gasteiger partial charge in [0.1, 0.15) is 5.75 Å². The van der Waals surface area contributed by atoms with Crippen molar-refractivity contribution in [3.63, 3.8) is 0 Å². The van der Waals surface area contributed by atoms with Crippen LogP contribution in [0.5, 0.6) is 5.75 Å². The average Bonchev–Trinajstić information content (AvgIpc) is 2.78. The molecule has 1 aliphatic heterocycles. The molecule has 1 unspecified atom stereocenters. The van der Waals surface area contributed by atoms with Gasteiger partial charge in [-0.05, 0) is 29.9 Å². The van der Waals surface area contributed by atoms with Crippen molar-refractivity contribution in [1.82, 2.24) is 0 Å². The minimum atomic E-state index is 0.363. The molecule has 0 aliphatic carbocycles. The van der Waals surface area contributed by atoms with Gasteiger partial charge in [-0.25, -0.2) is 0 Å². The van der Waals surface area contributed by atoms with Gasteiger partial charge in [-0.15, -0.1) is 0 Å². The van der Waals surface area contributed by atoms with Gasteiger partial charge in [0.15, 0.2) is 0 Å². The zero-order valence-corrected chi connectivity index (χ0v) is 11.9. The molecule has 1 saturated heterocycles. The minimum absolute atomic E-state index is 0.363. The summed E-state index contributed by atoms with van der Waals surface area (Å²) in [5.74, 6) is 1.60. The van der Waals surface area contributed by atoms with Crippen molar-refractivity contribution >= 4 is 11.4 Å². The van der Waals surface area contributed by atoms with Crippen LogP contribution in [0, 0.1) is 11.3 Å². The van der Waals surface area contributed by atoms with Crippen LogP contribution in [0.3, 0.4) is 0 Å². The van der Waals surface area contributed by atoms with Crippen LogP contribution in [-0.2, 0) is 0 Å². The van der Waals surface area contributed by atoms with Crippen LogP contribution in [0.2, 0.25) is 0 Å². The van der Waals surface area contributed by atoms with E-state index >= 15 is 0 Å². The maximum atomic E-state index is 6.08. The molecule has 18 heavy (non-hydrogen) atoms. The zero-order valence-electron chi connectivity index (χ0n) is 11.9. The Balaban J connectivity index is 2.19. The van der Waals surface area contributed by atoms with E-state index in [1.807, 2.05) is 18.2 Å². The third-order valence-corrected chi connectivity index (χ3v) is 3.99. The zero-order chi connectivity index (χ0) is 13.3. The van der Waals surface area contributed by atoms with E-state index in [1.165, 1.54) is 6.42 Å². The standard InChI is InChI=1S/C15H24N2O/c1-15(2,3)11-7-8-17(10-11)14-9-12(18-4)5-6-13(14)16/h5-6,9,11H,7-8,10,16H2,1-4H3. The molecular formula is C15H24N2O. The Bertz CT molecular complexity index is 423. The van der Waals surface area contributed by atoms with E-state index in [-0.39, 0.29) is 0 Å². The van der Waals surface area contributed by atoms with Crippen LogP contribution in [0.15, 0.2) is 18.2 Å². The first-order valence-electron chi connectivity index (χ1n) is 6.60. The second kappa shape index (κ2) is 4.71. The number of hydrogen-bond donors (Lipinski definition) is 1. The number of methoxy groups -OCH3 is 1. The number of hydrogen-bond acceptors (Lipinski definition) is 3. The van der Waals surface area contributed by atoms with Crippen molar-refractivity contribution in [2.75, 3.05) is 30.8 Å². The molecule has 100 valence electrons. The van der Waals surface area contributed by atoms with Gasteiger partial charge >= 0.3 is 0 Å². The van der Waals surface area contributed by atoms with E-state index in [2.05, 4.69) is 25.7 Å². The largest absolute Gasteiger partial charge is 0.497 e. The molecule has 0 bridgehead atoms. The summed E-state index contributed by atoms with van der Waals surface area (Å²) in [6.07, 6.45) is 1.24. The molecular weight excluding hydrogens is 224 g/mol. The lowest BCUT2D eigenvalue weighted by Crippen LogP contribution is -2.26. The second-order valence-corrected chi connectivity index (χ2v) is 6.22. The van der Waals surface area contributed by atoms with Crippen molar-refractivity contribution < 1.29 is 4.74 Å². The predicted octanol–water partition coefficient (Wildman–Crippen LogP) is 3.15. The van der Waals surface area contributed by atoms with E-state index < -0.39 is 0 Å². The summed E-state index contributed by atoms with van der Waals surface area (Å²) in [5.41, 5.74) is 8.40. The highest BCUT2D eigenvalue weighted by atomic mass is 16.5. The fourth-order valence-electron chi connectivity index (χ4n) is 2.61. The highest BCUT2D eigenvalue weighted by Gasteiger charge is 2.32. The summed E-state index contributed by atoms with van der Waals surface area (Å²) in [7, 11) is 1.69. The van der Waals surface area contributed by atoms with E-state index in [1.54, 1.807) is 7.11 Å². The third-order valence-electron chi connectivity index (χ3n) is 3.99. The Kier molecular flexibility index (Phi) is 3.42. The van der Waals surface area contributed by atoms with Crippen LogP contribution in [0.25, 0.3) is 0 Å². The Labute approximate surface area is 110 Å². The van der Waals surface area contributed by atoms with Crippen LogP contribution >= 0.6 is 0 Å². The molecule has 0 spiro atoms. The van der Waals surface area contributed by atoms with Gasteiger partial charge in [-0.3, -0.25) is 0 Å². The number of ether oxygens (including phenoxy) is 1. The molecule has 0 radical (unpaired) electrons. The number of nitrogens with two attached hydrogens (primary N) is 1. The monoisotopic (exact) mass is 248 g/mol. The van der Waals surface area contributed by atoms with Gasteiger partial charge in [0, 0.05) is 19.2 Å². The van der Waals surface area contributed by atoms with Crippen molar-refractivity contribution in [1.29, 1.82) is 0 Å². The number of rotatable bonds is 2. The molecule has 1 fully saturated rings. The molecule has 3 nitrogen and oxygen atoms in total. The molecule has 0 aromatic heterocycles. The van der Waals surface area contributed by atoms with Crippen molar-refractivity contribution in [2.24, 2.45) is 11.3 Å². The average molecular weight is 248 g/mol.